The molecule has 0 radical (unpaired) electrons. The van der Waals surface area contributed by atoms with Crippen molar-refractivity contribution in [1.29, 1.82) is 0 Å². The third-order valence-electron chi connectivity index (χ3n) is 4.52. The molecule has 0 bridgehead atoms. The summed E-state index contributed by atoms with van der Waals surface area (Å²) in [4.78, 5) is 12.5. The fraction of sp³-hybridized carbons (Fsp3) is 0.208. The first-order chi connectivity index (χ1) is 15.3. The van der Waals surface area contributed by atoms with Crippen LogP contribution in [0.25, 0.3) is 0 Å². The number of benzene rings is 3. The molecule has 0 spiro atoms. The Labute approximate surface area is 188 Å². The zero-order valence-electron chi connectivity index (χ0n) is 18.2. The summed E-state index contributed by atoms with van der Waals surface area (Å²) in [6, 6.07) is 20.0. The number of ether oxygens (including phenoxy) is 2. The van der Waals surface area contributed by atoms with Gasteiger partial charge in [-0.15, -0.1) is 0 Å². The van der Waals surface area contributed by atoms with Gasteiger partial charge >= 0.3 is 0 Å². The summed E-state index contributed by atoms with van der Waals surface area (Å²) in [7, 11) is -3.77. The van der Waals surface area contributed by atoms with Crippen LogP contribution < -0.4 is 19.5 Å². The van der Waals surface area contributed by atoms with Crippen molar-refractivity contribution in [2.75, 3.05) is 16.6 Å². The number of carbonyl (C=O) groups excluding carboxylic acids is 1. The maximum atomic E-state index is 12.6. The molecule has 0 aromatic heterocycles. The predicted octanol–water partition coefficient (Wildman–Crippen LogP) is 4.60. The van der Waals surface area contributed by atoms with Crippen molar-refractivity contribution in [3.63, 3.8) is 0 Å². The lowest BCUT2D eigenvalue weighted by molar-refractivity contribution is -0.122. The van der Waals surface area contributed by atoms with Gasteiger partial charge in [0.15, 0.2) is 6.10 Å². The number of anilines is 2. The Morgan fingerprint density at radius 3 is 2.22 bits per heavy atom. The van der Waals surface area contributed by atoms with Crippen LogP contribution >= 0.6 is 0 Å². The van der Waals surface area contributed by atoms with Crippen molar-refractivity contribution in [2.45, 2.75) is 31.8 Å². The maximum absolute atomic E-state index is 12.6. The molecule has 0 aliphatic heterocycles. The molecule has 0 saturated carbocycles. The van der Waals surface area contributed by atoms with Gasteiger partial charge in [0, 0.05) is 11.4 Å². The van der Waals surface area contributed by atoms with E-state index in [1.165, 1.54) is 24.3 Å². The number of hydrogen-bond acceptors (Lipinski definition) is 5. The molecule has 0 unspecified atom stereocenters. The molecule has 1 amide bonds. The molecule has 0 aliphatic carbocycles. The second kappa shape index (κ2) is 10.2. The van der Waals surface area contributed by atoms with E-state index < -0.39 is 16.1 Å². The van der Waals surface area contributed by atoms with E-state index in [9.17, 15) is 13.2 Å². The highest BCUT2D eigenvalue weighted by atomic mass is 32.2. The van der Waals surface area contributed by atoms with Gasteiger partial charge in [0.05, 0.1) is 11.5 Å². The van der Waals surface area contributed by atoms with Crippen molar-refractivity contribution in [3.8, 4) is 11.5 Å². The van der Waals surface area contributed by atoms with Crippen LogP contribution in [0.1, 0.15) is 19.4 Å². The highest BCUT2D eigenvalue weighted by Crippen LogP contribution is 2.21. The van der Waals surface area contributed by atoms with Crippen molar-refractivity contribution in [1.82, 2.24) is 0 Å². The van der Waals surface area contributed by atoms with E-state index in [0.717, 1.165) is 5.56 Å². The van der Waals surface area contributed by atoms with Gasteiger partial charge in [0.2, 0.25) is 0 Å². The number of amides is 1. The van der Waals surface area contributed by atoms with E-state index in [1.807, 2.05) is 32.0 Å². The van der Waals surface area contributed by atoms with E-state index in [0.29, 0.717) is 29.5 Å². The number of rotatable bonds is 9. The maximum Gasteiger partial charge on any atom is 0.265 e. The van der Waals surface area contributed by atoms with Gasteiger partial charge in [0.1, 0.15) is 11.5 Å². The molecule has 8 heteroatoms. The monoisotopic (exact) mass is 454 g/mol. The van der Waals surface area contributed by atoms with Gasteiger partial charge in [-0.25, -0.2) is 8.42 Å². The van der Waals surface area contributed by atoms with Gasteiger partial charge in [-0.05, 0) is 87.0 Å². The highest BCUT2D eigenvalue weighted by Gasteiger charge is 2.17. The smallest absolute Gasteiger partial charge is 0.265 e. The molecule has 3 aromatic carbocycles. The summed E-state index contributed by atoms with van der Waals surface area (Å²) in [5, 5.41) is 2.73. The first-order valence-corrected chi connectivity index (χ1v) is 11.6. The summed E-state index contributed by atoms with van der Waals surface area (Å²) in [5.41, 5.74) is 1.92. The Hall–Kier alpha value is -3.52. The van der Waals surface area contributed by atoms with Crippen LogP contribution in [0.5, 0.6) is 11.5 Å². The minimum absolute atomic E-state index is 0.0773. The molecule has 7 nitrogen and oxygen atoms in total. The molecule has 0 heterocycles. The molecular weight excluding hydrogens is 428 g/mol. The topological polar surface area (TPSA) is 93.7 Å². The zero-order valence-corrected chi connectivity index (χ0v) is 19.0. The number of nitrogens with one attached hydrogen (secondary N) is 2. The third-order valence-corrected chi connectivity index (χ3v) is 5.92. The van der Waals surface area contributed by atoms with Gasteiger partial charge < -0.3 is 14.8 Å². The molecule has 1 atom stereocenters. The summed E-state index contributed by atoms with van der Waals surface area (Å²) in [5.74, 6) is 0.931. The van der Waals surface area contributed by atoms with E-state index in [4.69, 9.17) is 9.47 Å². The Balaban J connectivity index is 1.61. The van der Waals surface area contributed by atoms with E-state index in [2.05, 4.69) is 10.0 Å². The van der Waals surface area contributed by atoms with Gasteiger partial charge in [0.25, 0.3) is 15.9 Å². The van der Waals surface area contributed by atoms with Crippen LogP contribution in [0.15, 0.2) is 77.7 Å². The van der Waals surface area contributed by atoms with Crippen LogP contribution in [-0.4, -0.2) is 27.0 Å². The number of hydrogen-bond donors (Lipinski definition) is 2. The quantitative estimate of drug-likeness (QED) is 0.493. The SMILES string of the molecule is CCOc1ccc(NS(=O)(=O)c2ccc(NC(=O)[C@@H](C)Oc3cccc(C)c3)cc2)cc1. The molecule has 168 valence electrons. The second-order valence-corrected chi connectivity index (χ2v) is 8.84. The van der Waals surface area contributed by atoms with Crippen LogP contribution in [0.3, 0.4) is 0 Å². The molecule has 0 saturated heterocycles. The summed E-state index contributed by atoms with van der Waals surface area (Å²) < 4.78 is 38.8. The fourth-order valence-electron chi connectivity index (χ4n) is 2.91. The minimum atomic E-state index is -3.77. The lowest BCUT2D eigenvalue weighted by Crippen LogP contribution is -2.30. The summed E-state index contributed by atoms with van der Waals surface area (Å²) >= 11 is 0. The molecule has 0 aliphatic rings. The van der Waals surface area contributed by atoms with Crippen molar-refractivity contribution in [3.05, 3.63) is 78.4 Å². The molecular formula is C24H26N2O5S. The van der Waals surface area contributed by atoms with Crippen molar-refractivity contribution in [2.24, 2.45) is 0 Å². The number of sulfonamides is 1. The first-order valence-electron chi connectivity index (χ1n) is 10.2. The molecule has 32 heavy (non-hydrogen) atoms. The summed E-state index contributed by atoms with van der Waals surface area (Å²) in [6.07, 6.45) is -0.721. The standard InChI is InChI=1S/C24H26N2O5S/c1-4-30-21-12-8-20(9-13-21)26-32(28,29)23-14-10-19(11-15-23)25-24(27)18(3)31-22-7-5-6-17(2)16-22/h5-16,18,26H,4H2,1-3H3,(H,25,27)/t18-/m1/s1. The average Bonchev–Trinajstić information content (AvgIpc) is 2.75. The van der Waals surface area contributed by atoms with E-state index in [1.54, 1.807) is 37.3 Å². The number of aryl methyl sites for hydroxylation is 1. The Bertz CT molecular complexity index is 1160. The minimum Gasteiger partial charge on any atom is -0.494 e. The Morgan fingerprint density at radius 2 is 1.59 bits per heavy atom. The van der Waals surface area contributed by atoms with Crippen LogP contribution in [0, 0.1) is 6.92 Å². The van der Waals surface area contributed by atoms with Crippen LogP contribution in [0.2, 0.25) is 0 Å². The van der Waals surface area contributed by atoms with Crippen molar-refractivity contribution >= 4 is 27.3 Å². The average molecular weight is 455 g/mol. The molecule has 2 N–H and O–H groups in total. The molecule has 3 rings (SSSR count). The fourth-order valence-corrected chi connectivity index (χ4v) is 3.97. The van der Waals surface area contributed by atoms with Gasteiger partial charge in [-0.3, -0.25) is 9.52 Å². The van der Waals surface area contributed by atoms with Crippen molar-refractivity contribution < 1.29 is 22.7 Å². The predicted molar refractivity (Wildman–Crippen MR) is 125 cm³/mol. The normalized spacial score (nSPS) is 12.0. The number of carbonyl (C=O) groups is 1. The zero-order chi connectivity index (χ0) is 23.1. The van der Waals surface area contributed by atoms with Crippen LogP contribution in [0.4, 0.5) is 11.4 Å². The van der Waals surface area contributed by atoms with E-state index >= 15 is 0 Å². The third kappa shape index (κ3) is 6.24. The first kappa shape index (κ1) is 23.1. The highest BCUT2D eigenvalue weighted by molar-refractivity contribution is 7.92. The Morgan fingerprint density at radius 1 is 0.938 bits per heavy atom. The van der Waals surface area contributed by atoms with Crippen LogP contribution in [-0.2, 0) is 14.8 Å². The summed E-state index contributed by atoms with van der Waals surface area (Å²) in [6.45, 7) is 6.00. The Kier molecular flexibility index (Phi) is 7.37. The molecule has 3 aromatic rings. The second-order valence-electron chi connectivity index (χ2n) is 7.15. The van der Waals surface area contributed by atoms with Gasteiger partial charge in [-0.2, -0.15) is 0 Å². The lowest BCUT2D eigenvalue weighted by Gasteiger charge is -2.15. The molecule has 0 fully saturated rings. The largest absolute Gasteiger partial charge is 0.494 e. The van der Waals surface area contributed by atoms with Gasteiger partial charge in [-0.1, -0.05) is 12.1 Å². The van der Waals surface area contributed by atoms with E-state index in [-0.39, 0.29) is 10.8 Å². The lowest BCUT2D eigenvalue weighted by atomic mass is 10.2.